The zero-order chi connectivity index (χ0) is 9.42. The monoisotopic (exact) mass is 180 g/mol. The van der Waals surface area contributed by atoms with Crippen LogP contribution >= 0.6 is 0 Å². The molecule has 4 nitrogen and oxygen atoms in total. The van der Waals surface area contributed by atoms with Crippen molar-refractivity contribution in [1.29, 1.82) is 0 Å². The van der Waals surface area contributed by atoms with Crippen molar-refractivity contribution in [3.8, 4) is 0 Å². The average molecular weight is 180 g/mol. The predicted octanol–water partition coefficient (Wildman–Crippen LogP) is 0.692. The molecule has 13 heavy (non-hydrogen) atoms. The lowest BCUT2D eigenvalue weighted by Crippen LogP contribution is -2.23. The number of nitrogen functional groups attached to an aromatic ring is 1. The highest BCUT2D eigenvalue weighted by Crippen LogP contribution is 2.22. The van der Waals surface area contributed by atoms with E-state index in [4.69, 9.17) is 5.73 Å². The van der Waals surface area contributed by atoms with E-state index in [-0.39, 0.29) is 0 Å². The molecule has 3 N–H and O–H groups in total. The zero-order valence-electron chi connectivity index (χ0n) is 8.17. The van der Waals surface area contributed by atoms with Gasteiger partial charge in [-0.15, -0.1) is 0 Å². The summed E-state index contributed by atoms with van der Waals surface area (Å²) in [6.07, 6.45) is 1.01. The standard InChI is InChI=1S/C9H16N4/c1-6(2)13-9(10)7-3-4-11-5-8(7)12-13/h6,11H,3-5,10H2,1-2H3. The minimum absolute atomic E-state index is 0.352. The number of nitrogens with one attached hydrogen (secondary N) is 1. The number of rotatable bonds is 1. The maximum atomic E-state index is 6.00. The number of aromatic nitrogens is 2. The molecule has 72 valence electrons. The van der Waals surface area contributed by atoms with Crippen LogP contribution in [0.15, 0.2) is 0 Å². The lowest BCUT2D eigenvalue weighted by atomic mass is 10.1. The normalized spacial score (nSPS) is 16.2. The molecule has 0 amide bonds. The third-order valence-corrected chi connectivity index (χ3v) is 2.47. The molecule has 0 fully saturated rings. The van der Waals surface area contributed by atoms with Crippen LogP contribution in [-0.4, -0.2) is 16.3 Å². The molecule has 1 aromatic heterocycles. The van der Waals surface area contributed by atoms with Gasteiger partial charge >= 0.3 is 0 Å². The number of nitrogens with zero attached hydrogens (tertiary/aromatic N) is 2. The lowest BCUT2D eigenvalue weighted by molar-refractivity contribution is 0.529. The Morgan fingerprint density at radius 2 is 2.31 bits per heavy atom. The molecular weight excluding hydrogens is 164 g/mol. The Morgan fingerprint density at radius 1 is 1.54 bits per heavy atom. The van der Waals surface area contributed by atoms with Gasteiger partial charge in [-0.2, -0.15) is 5.10 Å². The first-order valence-electron chi connectivity index (χ1n) is 4.76. The van der Waals surface area contributed by atoms with Crippen LogP contribution in [0.3, 0.4) is 0 Å². The van der Waals surface area contributed by atoms with Crippen LogP contribution < -0.4 is 11.1 Å². The summed E-state index contributed by atoms with van der Waals surface area (Å²) in [7, 11) is 0. The molecule has 0 radical (unpaired) electrons. The first-order chi connectivity index (χ1) is 6.20. The van der Waals surface area contributed by atoms with Crippen molar-refractivity contribution in [3.63, 3.8) is 0 Å². The molecule has 0 spiro atoms. The van der Waals surface area contributed by atoms with Gasteiger partial charge < -0.3 is 11.1 Å². The Kier molecular flexibility index (Phi) is 2.00. The molecule has 1 aliphatic heterocycles. The first kappa shape index (κ1) is 8.56. The minimum atomic E-state index is 0.352. The van der Waals surface area contributed by atoms with Crippen molar-refractivity contribution in [1.82, 2.24) is 15.1 Å². The van der Waals surface area contributed by atoms with Gasteiger partial charge in [0.25, 0.3) is 0 Å². The third-order valence-electron chi connectivity index (χ3n) is 2.47. The summed E-state index contributed by atoms with van der Waals surface area (Å²) < 4.78 is 1.91. The van der Waals surface area contributed by atoms with E-state index < -0.39 is 0 Å². The Bertz CT molecular complexity index is 314. The van der Waals surface area contributed by atoms with Crippen molar-refractivity contribution in [2.45, 2.75) is 32.9 Å². The summed E-state index contributed by atoms with van der Waals surface area (Å²) in [4.78, 5) is 0. The van der Waals surface area contributed by atoms with Crippen molar-refractivity contribution in [3.05, 3.63) is 11.3 Å². The van der Waals surface area contributed by atoms with Crippen LogP contribution in [0, 0.1) is 0 Å². The van der Waals surface area contributed by atoms with Gasteiger partial charge in [-0.3, -0.25) is 0 Å². The highest BCUT2D eigenvalue weighted by atomic mass is 15.3. The van der Waals surface area contributed by atoms with E-state index in [9.17, 15) is 0 Å². The molecule has 0 atom stereocenters. The predicted molar refractivity (Wildman–Crippen MR) is 52.4 cm³/mol. The van der Waals surface area contributed by atoms with Crippen LogP contribution in [0.1, 0.15) is 31.1 Å². The summed E-state index contributed by atoms with van der Waals surface area (Å²) in [6, 6.07) is 0.352. The fourth-order valence-corrected chi connectivity index (χ4v) is 1.76. The zero-order valence-corrected chi connectivity index (χ0v) is 8.17. The summed E-state index contributed by atoms with van der Waals surface area (Å²) in [5.41, 5.74) is 8.36. The highest BCUT2D eigenvalue weighted by Gasteiger charge is 2.18. The summed E-state index contributed by atoms with van der Waals surface area (Å²) >= 11 is 0. The highest BCUT2D eigenvalue weighted by molar-refractivity contribution is 5.45. The van der Waals surface area contributed by atoms with Gasteiger partial charge in [0.15, 0.2) is 0 Å². The molecule has 1 aliphatic rings. The molecule has 4 heteroatoms. The molecule has 0 aromatic carbocycles. The van der Waals surface area contributed by atoms with Crippen molar-refractivity contribution in [2.24, 2.45) is 0 Å². The van der Waals surface area contributed by atoms with Gasteiger partial charge in [0.05, 0.1) is 5.69 Å². The van der Waals surface area contributed by atoms with Gasteiger partial charge in [-0.25, -0.2) is 4.68 Å². The molecule has 0 bridgehead atoms. The van der Waals surface area contributed by atoms with Crippen molar-refractivity contribution in [2.75, 3.05) is 12.3 Å². The lowest BCUT2D eigenvalue weighted by Gasteiger charge is -2.11. The number of hydrogen-bond acceptors (Lipinski definition) is 3. The Hall–Kier alpha value is -1.03. The molecule has 0 unspecified atom stereocenters. The summed E-state index contributed by atoms with van der Waals surface area (Å²) in [5.74, 6) is 0.853. The average Bonchev–Trinajstić information content (AvgIpc) is 2.45. The molecule has 2 rings (SSSR count). The smallest absolute Gasteiger partial charge is 0.125 e. The number of nitrogens with two attached hydrogens (primary N) is 1. The van der Waals surface area contributed by atoms with Gasteiger partial charge in [0.1, 0.15) is 5.82 Å². The Labute approximate surface area is 78.1 Å². The van der Waals surface area contributed by atoms with Gasteiger partial charge in [0.2, 0.25) is 0 Å². The quantitative estimate of drug-likeness (QED) is 0.668. The van der Waals surface area contributed by atoms with Gasteiger partial charge in [0, 0.05) is 18.2 Å². The van der Waals surface area contributed by atoms with E-state index in [1.807, 2.05) is 4.68 Å². The van der Waals surface area contributed by atoms with Gasteiger partial charge in [-0.1, -0.05) is 0 Å². The number of hydrogen-bond donors (Lipinski definition) is 2. The van der Waals surface area contributed by atoms with E-state index in [0.717, 1.165) is 31.0 Å². The van der Waals surface area contributed by atoms with Crippen LogP contribution in [0.5, 0.6) is 0 Å². The molecule has 0 aliphatic carbocycles. The van der Waals surface area contributed by atoms with E-state index >= 15 is 0 Å². The first-order valence-corrected chi connectivity index (χ1v) is 4.76. The summed E-state index contributed by atoms with van der Waals surface area (Å²) in [5, 5.41) is 7.77. The molecule has 1 aromatic rings. The van der Waals surface area contributed by atoms with E-state index in [2.05, 4.69) is 24.3 Å². The van der Waals surface area contributed by atoms with Crippen LogP contribution in [-0.2, 0) is 13.0 Å². The van der Waals surface area contributed by atoms with E-state index in [1.165, 1.54) is 5.56 Å². The van der Waals surface area contributed by atoms with Crippen LogP contribution in [0.4, 0.5) is 5.82 Å². The second-order valence-corrected chi connectivity index (χ2v) is 3.78. The Morgan fingerprint density at radius 3 is 2.92 bits per heavy atom. The number of fused-ring (bicyclic) bond motifs is 1. The third kappa shape index (κ3) is 1.31. The van der Waals surface area contributed by atoms with E-state index in [1.54, 1.807) is 0 Å². The van der Waals surface area contributed by atoms with Crippen LogP contribution in [0.25, 0.3) is 0 Å². The molecule has 0 saturated heterocycles. The SMILES string of the molecule is CC(C)n1nc2c(c1N)CCNC2. The number of anilines is 1. The second kappa shape index (κ2) is 3.03. The Balaban J connectivity index is 2.44. The maximum absolute atomic E-state index is 6.00. The maximum Gasteiger partial charge on any atom is 0.125 e. The topological polar surface area (TPSA) is 55.9 Å². The minimum Gasteiger partial charge on any atom is -0.384 e. The van der Waals surface area contributed by atoms with Crippen molar-refractivity contribution >= 4 is 5.82 Å². The van der Waals surface area contributed by atoms with Crippen molar-refractivity contribution < 1.29 is 0 Å². The molecule has 2 heterocycles. The molecule has 0 saturated carbocycles. The second-order valence-electron chi connectivity index (χ2n) is 3.78. The largest absolute Gasteiger partial charge is 0.384 e. The van der Waals surface area contributed by atoms with Crippen LogP contribution in [0.2, 0.25) is 0 Å². The van der Waals surface area contributed by atoms with Gasteiger partial charge in [-0.05, 0) is 26.8 Å². The fourth-order valence-electron chi connectivity index (χ4n) is 1.76. The fraction of sp³-hybridized carbons (Fsp3) is 0.667. The molecular formula is C9H16N4. The van der Waals surface area contributed by atoms with E-state index in [0.29, 0.717) is 6.04 Å². The summed E-state index contributed by atoms with van der Waals surface area (Å²) in [6.45, 7) is 6.07.